The number of amides is 1. The van der Waals surface area contributed by atoms with E-state index in [0.29, 0.717) is 12.3 Å². The van der Waals surface area contributed by atoms with E-state index in [0.717, 1.165) is 51.4 Å². The van der Waals surface area contributed by atoms with Crippen molar-refractivity contribution < 1.29 is 4.79 Å². The van der Waals surface area contributed by atoms with Gasteiger partial charge in [-0.2, -0.15) is 0 Å². The van der Waals surface area contributed by atoms with Crippen LogP contribution in [0.5, 0.6) is 0 Å². The van der Waals surface area contributed by atoms with Crippen molar-refractivity contribution in [3.05, 3.63) is 35.4 Å². The Labute approximate surface area is 145 Å². The van der Waals surface area contributed by atoms with Crippen LogP contribution in [-0.4, -0.2) is 42.9 Å². The highest BCUT2D eigenvalue weighted by molar-refractivity contribution is 5.80. The van der Waals surface area contributed by atoms with E-state index in [4.69, 9.17) is 10.7 Å². The summed E-state index contributed by atoms with van der Waals surface area (Å²) in [6.07, 6.45) is 3.57. The van der Waals surface area contributed by atoms with Crippen LogP contribution in [0.2, 0.25) is 0 Å². The fraction of sp³-hybridized carbons (Fsp3) is 0.579. The van der Waals surface area contributed by atoms with Gasteiger partial charge < -0.3 is 16.0 Å². The van der Waals surface area contributed by atoms with Crippen molar-refractivity contribution in [2.45, 2.75) is 39.5 Å². The summed E-state index contributed by atoms with van der Waals surface area (Å²) in [5.41, 5.74) is 8.03. The number of aryl methyl sites for hydroxylation is 1. The van der Waals surface area contributed by atoms with Gasteiger partial charge in [0.1, 0.15) is 0 Å². The van der Waals surface area contributed by atoms with Crippen molar-refractivity contribution in [1.29, 1.82) is 0 Å². The predicted octanol–water partition coefficient (Wildman–Crippen LogP) is 2.09. The second-order valence-corrected chi connectivity index (χ2v) is 6.54. The van der Waals surface area contributed by atoms with Crippen LogP contribution in [0, 0.1) is 12.8 Å². The molecule has 1 atom stereocenters. The second-order valence-electron chi connectivity index (χ2n) is 6.54. The Morgan fingerprint density at radius 2 is 2.21 bits per heavy atom. The summed E-state index contributed by atoms with van der Waals surface area (Å²) in [5.74, 6) is 1.10. The van der Waals surface area contributed by atoms with Crippen LogP contribution in [0.15, 0.2) is 29.3 Å². The SMILES string of the molecule is CCNC(=NCCc1ccccc1C)N1CCCC(CC(N)=O)C1. The topological polar surface area (TPSA) is 70.7 Å². The molecule has 0 saturated carbocycles. The Hall–Kier alpha value is -2.04. The number of hydrogen-bond donors (Lipinski definition) is 2. The zero-order chi connectivity index (χ0) is 17.4. The quantitative estimate of drug-likeness (QED) is 0.620. The predicted molar refractivity (Wildman–Crippen MR) is 99.0 cm³/mol. The van der Waals surface area contributed by atoms with Gasteiger partial charge in [0, 0.05) is 32.6 Å². The van der Waals surface area contributed by atoms with Gasteiger partial charge in [0.2, 0.25) is 5.91 Å². The number of rotatable bonds is 6. The Balaban J connectivity index is 1.97. The molecule has 0 aliphatic carbocycles. The normalized spacial score (nSPS) is 18.5. The van der Waals surface area contributed by atoms with Gasteiger partial charge in [0.25, 0.3) is 0 Å². The molecule has 132 valence electrons. The number of likely N-dealkylation sites (tertiary alicyclic amines) is 1. The minimum atomic E-state index is -0.205. The van der Waals surface area contributed by atoms with E-state index in [1.807, 2.05) is 0 Å². The molecule has 0 spiro atoms. The van der Waals surface area contributed by atoms with E-state index in [-0.39, 0.29) is 5.91 Å². The van der Waals surface area contributed by atoms with Crippen LogP contribution >= 0.6 is 0 Å². The molecular weight excluding hydrogens is 300 g/mol. The molecule has 1 unspecified atom stereocenters. The van der Waals surface area contributed by atoms with E-state index in [1.54, 1.807) is 0 Å². The number of primary amides is 1. The summed E-state index contributed by atoms with van der Waals surface area (Å²) in [7, 11) is 0. The number of aliphatic imine (C=N–C) groups is 1. The van der Waals surface area contributed by atoms with Crippen LogP contribution in [-0.2, 0) is 11.2 Å². The molecular formula is C19H30N4O. The van der Waals surface area contributed by atoms with Crippen molar-refractivity contribution in [2.24, 2.45) is 16.6 Å². The zero-order valence-electron chi connectivity index (χ0n) is 14.9. The molecule has 1 fully saturated rings. The minimum absolute atomic E-state index is 0.205. The summed E-state index contributed by atoms with van der Waals surface area (Å²) < 4.78 is 0. The molecule has 1 saturated heterocycles. The van der Waals surface area contributed by atoms with Gasteiger partial charge in [-0.1, -0.05) is 24.3 Å². The first-order valence-corrected chi connectivity index (χ1v) is 8.96. The molecule has 1 aromatic carbocycles. The Morgan fingerprint density at radius 1 is 1.42 bits per heavy atom. The van der Waals surface area contributed by atoms with Gasteiger partial charge in [-0.15, -0.1) is 0 Å². The number of piperidine rings is 1. The lowest BCUT2D eigenvalue weighted by molar-refractivity contribution is -0.119. The summed E-state index contributed by atoms with van der Waals surface area (Å²) in [5, 5.41) is 3.39. The Bertz CT molecular complexity index is 570. The van der Waals surface area contributed by atoms with E-state index >= 15 is 0 Å². The lowest BCUT2D eigenvalue weighted by Crippen LogP contribution is -2.47. The maximum atomic E-state index is 11.2. The summed E-state index contributed by atoms with van der Waals surface area (Å²) in [4.78, 5) is 18.3. The highest BCUT2D eigenvalue weighted by Gasteiger charge is 2.23. The standard InChI is InChI=1S/C19H30N4O/c1-3-21-19(22-11-10-17-9-5-4-7-15(17)2)23-12-6-8-16(14-23)13-18(20)24/h4-5,7,9,16H,3,6,8,10-14H2,1-2H3,(H2,20,24)(H,21,22). The molecule has 5 nitrogen and oxygen atoms in total. The van der Waals surface area contributed by atoms with Crippen molar-refractivity contribution >= 4 is 11.9 Å². The third-order valence-corrected chi connectivity index (χ3v) is 4.55. The number of nitrogens with two attached hydrogens (primary N) is 1. The third kappa shape index (κ3) is 5.55. The van der Waals surface area contributed by atoms with Gasteiger partial charge in [-0.3, -0.25) is 9.79 Å². The highest BCUT2D eigenvalue weighted by Crippen LogP contribution is 2.19. The second kappa shape index (κ2) is 9.30. The Morgan fingerprint density at radius 3 is 2.92 bits per heavy atom. The number of benzene rings is 1. The summed E-state index contributed by atoms with van der Waals surface area (Å²) >= 11 is 0. The lowest BCUT2D eigenvalue weighted by atomic mass is 9.95. The van der Waals surface area contributed by atoms with Gasteiger partial charge in [-0.05, 0) is 50.2 Å². The Kier molecular flexibility index (Phi) is 7.09. The van der Waals surface area contributed by atoms with E-state index in [1.165, 1.54) is 11.1 Å². The maximum Gasteiger partial charge on any atom is 0.217 e. The monoisotopic (exact) mass is 330 g/mol. The smallest absolute Gasteiger partial charge is 0.217 e. The van der Waals surface area contributed by atoms with Crippen molar-refractivity contribution in [3.8, 4) is 0 Å². The van der Waals surface area contributed by atoms with Crippen LogP contribution in [0.1, 0.15) is 37.3 Å². The summed E-state index contributed by atoms with van der Waals surface area (Å²) in [6, 6.07) is 8.46. The number of guanidine groups is 1. The molecule has 0 radical (unpaired) electrons. The van der Waals surface area contributed by atoms with Crippen LogP contribution < -0.4 is 11.1 Å². The molecule has 0 bridgehead atoms. The van der Waals surface area contributed by atoms with Gasteiger partial charge in [0.15, 0.2) is 5.96 Å². The fourth-order valence-electron chi connectivity index (χ4n) is 3.31. The largest absolute Gasteiger partial charge is 0.370 e. The minimum Gasteiger partial charge on any atom is -0.370 e. The number of hydrogen-bond acceptors (Lipinski definition) is 2. The molecule has 1 amide bonds. The van der Waals surface area contributed by atoms with Crippen molar-refractivity contribution in [1.82, 2.24) is 10.2 Å². The molecule has 3 N–H and O–H groups in total. The maximum absolute atomic E-state index is 11.2. The lowest BCUT2D eigenvalue weighted by Gasteiger charge is -2.34. The molecule has 24 heavy (non-hydrogen) atoms. The highest BCUT2D eigenvalue weighted by atomic mass is 16.1. The average molecular weight is 330 g/mol. The number of carbonyl (C=O) groups is 1. The van der Waals surface area contributed by atoms with Gasteiger partial charge in [0.05, 0.1) is 0 Å². The number of nitrogens with one attached hydrogen (secondary N) is 1. The first-order valence-electron chi connectivity index (χ1n) is 8.96. The van der Waals surface area contributed by atoms with Gasteiger partial charge >= 0.3 is 0 Å². The first kappa shape index (κ1) is 18.3. The molecule has 1 heterocycles. The van der Waals surface area contributed by atoms with Gasteiger partial charge in [-0.25, -0.2) is 0 Å². The fourth-order valence-corrected chi connectivity index (χ4v) is 3.31. The molecule has 0 aromatic heterocycles. The zero-order valence-corrected chi connectivity index (χ0v) is 14.9. The van der Waals surface area contributed by atoms with E-state index in [9.17, 15) is 4.79 Å². The molecule has 1 aliphatic rings. The number of nitrogens with zero attached hydrogens (tertiary/aromatic N) is 2. The van der Waals surface area contributed by atoms with Crippen molar-refractivity contribution in [3.63, 3.8) is 0 Å². The third-order valence-electron chi connectivity index (χ3n) is 4.55. The molecule has 5 heteroatoms. The molecule has 2 rings (SSSR count). The summed E-state index contributed by atoms with van der Waals surface area (Å²) in [6.45, 7) is 7.69. The average Bonchev–Trinajstić information content (AvgIpc) is 2.55. The van der Waals surface area contributed by atoms with Crippen LogP contribution in [0.4, 0.5) is 0 Å². The van der Waals surface area contributed by atoms with Crippen LogP contribution in [0.3, 0.4) is 0 Å². The molecule has 1 aliphatic heterocycles. The van der Waals surface area contributed by atoms with E-state index in [2.05, 4.69) is 48.3 Å². The first-order chi connectivity index (χ1) is 11.6. The van der Waals surface area contributed by atoms with Crippen LogP contribution in [0.25, 0.3) is 0 Å². The molecule has 1 aromatic rings. The van der Waals surface area contributed by atoms with E-state index < -0.39 is 0 Å². The number of carbonyl (C=O) groups excluding carboxylic acids is 1. The van der Waals surface area contributed by atoms with Crippen molar-refractivity contribution in [2.75, 3.05) is 26.2 Å².